The number of carbonyl (C=O) groups is 1. The van der Waals surface area contributed by atoms with Crippen molar-refractivity contribution in [1.82, 2.24) is 25.5 Å². The van der Waals surface area contributed by atoms with Gasteiger partial charge < -0.3 is 5.32 Å². The lowest BCUT2D eigenvalue weighted by Gasteiger charge is -2.31. The second kappa shape index (κ2) is 6.57. The van der Waals surface area contributed by atoms with Crippen molar-refractivity contribution in [3.8, 4) is 17.5 Å². The monoisotopic (exact) mass is 310 g/mol. The molecule has 7 heteroatoms. The van der Waals surface area contributed by atoms with E-state index in [0.717, 1.165) is 24.8 Å². The molecule has 1 aliphatic carbocycles. The Balaban J connectivity index is 1.64. The first-order chi connectivity index (χ1) is 11.2. The topological polar surface area (TPSA) is 96.5 Å². The molecule has 1 aliphatic rings. The molecule has 1 saturated carbocycles. The molecule has 7 nitrogen and oxygen atoms in total. The summed E-state index contributed by atoms with van der Waals surface area (Å²) in [4.78, 5) is 13.5. The second-order valence-corrected chi connectivity index (χ2v) is 5.81. The second-order valence-electron chi connectivity index (χ2n) is 5.81. The van der Waals surface area contributed by atoms with Crippen LogP contribution in [0.15, 0.2) is 30.3 Å². The quantitative estimate of drug-likeness (QED) is 0.926. The lowest BCUT2D eigenvalue weighted by molar-refractivity contribution is -0.123. The average molecular weight is 310 g/mol. The van der Waals surface area contributed by atoms with Gasteiger partial charge in [-0.25, -0.2) is 0 Å². The molecule has 1 fully saturated rings. The van der Waals surface area contributed by atoms with Crippen LogP contribution in [-0.4, -0.2) is 31.7 Å². The molecule has 0 bridgehead atoms. The summed E-state index contributed by atoms with van der Waals surface area (Å²) in [5.41, 5.74) is 0.109. The number of aromatic nitrogens is 4. The molecule has 1 aromatic carbocycles. The highest BCUT2D eigenvalue weighted by Gasteiger charge is 2.33. The van der Waals surface area contributed by atoms with Gasteiger partial charge in [0.2, 0.25) is 11.7 Å². The van der Waals surface area contributed by atoms with Gasteiger partial charge in [-0.15, -0.1) is 10.2 Å². The van der Waals surface area contributed by atoms with Gasteiger partial charge in [-0.3, -0.25) is 4.79 Å². The van der Waals surface area contributed by atoms with Crippen molar-refractivity contribution in [2.45, 2.75) is 44.2 Å². The van der Waals surface area contributed by atoms with Crippen LogP contribution >= 0.6 is 0 Å². The van der Waals surface area contributed by atoms with E-state index < -0.39 is 5.54 Å². The van der Waals surface area contributed by atoms with Crippen LogP contribution in [-0.2, 0) is 11.3 Å². The van der Waals surface area contributed by atoms with E-state index in [1.165, 1.54) is 4.80 Å². The minimum Gasteiger partial charge on any atom is -0.336 e. The summed E-state index contributed by atoms with van der Waals surface area (Å²) < 4.78 is 0. The van der Waals surface area contributed by atoms with Gasteiger partial charge >= 0.3 is 0 Å². The summed E-state index contributed by atoms with van der Waals surface area (Å²) in [7, 11) is 0. The SMILES string of the molecule is N#CC1(NC(=O)Cn2nnc(-c3ccccc3)n2)CCCCC1. The number of rotatable bonds is 4. The van der Waals surface area contributed by atoms with E-state index in [-0.39, 0.29) is 12.5 Å². The Labute approximate surface area is 134 Å². The van der Waals surface area contributed by atoms with E-state index in [1.54, 1.807) is 0 Å². The zero-order chi connectivity index (χ0) is 16.1. The Hall–Kier alpha value is -2.75. The van der Waals surface area contributed by atoms with E-state index in [4.69, 9.17) is 0 Å². The van der Waals surface area contributed by atoms with Crippen molar-refractivity contribution in [2.24, 2.45) is 0 Å². The first-order valence-corrected chi connectivity index (χ1v) is 7.76. The zero-order valence-electron chi connectivity index (χ0n) is 12.8. The first-order valence-electron chi connectivity index (χ1n) is 7.76. The normalized spacial score (nSPS) is 16.5. The standard InChI is InChI=1S/C16H18N6O/c17-12-16(9-5-2-6-10-16)18-14(23)11-22-20-15(19-21-22)13-7-3-1-4-8-13/h1,3-4,7-8H,2,5-6,9-11H2,(H,18,23). The molecule has 2 aromatic rings. The van der Waals surface area contributed by atoms with E-state index in [2.05, 4.69) is 26.8 Å². The minimum absolute atomic E-state index is 0.0384. The molecule has 0 radical (unpaired) electrons. The molecule has 1 amide bonds. The number of nitriles is 1. The minimum atomic E-state index is -0.738. The largest absolute Gasteiger partial charge is 0.336 e. The maximum Gasteiger partial charge on any atom is 0.244 e. The first kappa shape index (κ1) is 15.2. The number of benzene rings is 1. The third-order valence-electron chi connectivity index (χ3n) is 4.07. The molecule has 23 heavy (non-hydrogen) atoms. The Morgan fingerprint density at radius 1 is 1.26 bits per heavy atom. The van der Waals surface area contributed by atoms with Crippen molar-refractivity contribution >= 4 is 5.91 Å². The highest BCUT2D eigenvalue weighted by molar-refractivity contribution is 5.77. The Bertz CT molecular complexity index is 712. The van der Waals surface area contributed by atoms with Crippen LogP contribution in [0.25, 0.3) is 11.4 Å². The summed E-state index contributed by atoms with van der Waals surface area (Å²) in [5.74, 6) is 0.219. The number of hydrogen-bond acceptors (Lipinski definition) is 5. The molecular formula is C16H18N6O. The van der Waals surface area contributed by atoms with Crippen LogP contribution in [0.2, 0.25) is 0 Å². The third-order valence-corrected chi connectivity index (χ3v) is 4.07. The van der Waals surface area contributed by atoms with Crippen LogP contribution in [0, 0.1) is 11.3 Å². The predicted octanol–water partition coefficient (Wildman–Crippen LogP) is 1.68. The van der Waals surface area contributed by atoms with Crippen molar-refractivity contribution in [3.63, 3.8) is 0 Å². The molecule has 0 unspecified atom stereocenters. The number of hydrogen-bond donors (Lipinski definition) is 1. The summed E-state index contributed by atoms with van der Waals surface area (Å²) in [6.45, 7) is -0.0384. The highest BCUT2D eigenvalue weighted by atomic mass is 16.2. The number of nitrogens with one attached hydrogen (secondary N) is 1. The van der Waals surface area contributed by atoms with Gasteiger partial charge in [0.05, 0.1) is 6.07 Å². The van der Waals surface area contributed by atoms with Crippen LogP contribution in [0.1, 0.15) is 32.1 Å². The molecule has 1 heterocycles. The van der Waals surface area contributed by atoms with Crippen molar-refractivity contribution in [3.05, 3.63) is 30.3 Å². The van der Waals surface area contributed by atoms with Gasteiger partial charge in [-0.1, -0.05) is 49.6 Å². The maximum absolute atomic E-state index is 12.2. The van der Waals surface area contributed by atoms with Crippen LogP contribution in [0.4, 0.5) is 0 Å². The molecule has 118 valence electrons. The molecule has 3 rings (SSSR count). The lowest BCUT2D eigenvalue weighted by atomic mass is 9.83. The van der Waals surface area contributed by atoms with Crippen LogP contribution in [0.3, 0.4) is 0 Å². The smallest absolute Gasteiger partial charge is 0.244 e. The van der Waals surface area contributed by atoms with Crippen molar-refractivity contribution in [2.75, 3.05) is 0 Å². The Kier molecular flexibility index (Phi) is 4.33. The average Bonchev–Trinajstić information content (AvgIpc) is 3.05. The molecule has 0 atom stereocenters. The molecule has 0 aliphatic heterocycles. The summed E-state index contributed by atoms with van der Waals surface area (Å²) in [6.07, 6.45) is 4.45. The molecule has 1 aromatic heterocycles. The molecule has 0 spiro atoms. The number of nitrogens with zero attached hydrogens (tertiary/aromatic N) is 5. The number of amides is 1. The van der Waals surface area contributed by atoms with Gasteiger partial charge in [-0.2, -0.15) is 10.1 Å². The summed E-state index contributed by atoms with van der Waals surface area (Å²) in [6, 6.07) is 11.7. The van der Waals surface area contributed by atoms with E-state index in [0.29, 0.717) is 18.7 Å². The zero-order valence-corrected chi connectivity index (χ0v) is 12.8. The maximum atomic E-state index is 12.2. The number of carbonyl (C=O) groups excluding carboxylic acids is 1. The summed E-state index contributed by atoms with van der Waals surface area (Å²) in [5, 5.41) is 24.3. The van der Waals surface area contributed by atoms with Gasteiger partial charge in [0.15, 0.2) is 0 Å². The van der Waals surface area contributed by atoms with E-state index >= 15 is 0 Å². The van der Waals surface area contributed by atoms with Crippen molar-refractivity contribution < 1.29 is 4.79 Å². The highest BCUT2D eigenvalue weighted by Crippen LogP contribution is 2.27. The number of tetrazole rings is 1. The fourth-order valence-corrected chi connectivity index (χ4v) is 2.87. The van der Waals surface area contributed by atoms with Crippen LogP contribution < -0.4 is 5.32 Å². The molecule has 0 saturated heterocycles. The van der Waals surface area contributed by atoms with E-state index in [1.807, 2.05) is 30.3 Å². The fourth-order valence-electron chi connectivity index (χ4n) is 2.87. The lowest BCUT2D eigenvalue weighted by Crippen LogP contribution is -2.49. The molecule has 1 N–H and O–H groups in total. The van der Waals surface area contributed by atoms with Gasteiger partial charge in [0, 0.05) is 5.56 Å². The van der Waals surface area contributed by atoms with E-state index in [9.17, 15) is 10.1 Å². The Morgan fingerprint density at radius 3 is 2.70 bits per heavy atom. The van der Waals surface area contributed by atoms with Gasteiger partial charge in [-0.05, 0) is 18.1 Å². The van der Waals surface area contributed by atoms with Crippen LogP contribution in [0.5, 0.6) is 0 Å². The van der Waals surface area contributed by atoms with Crippen molar-refractivity contribution in [1.29, 1.82) is 5.26 Å². The van der Waals surface area contributed by atoms with Gasteiger partial charge in [0.1, 0.15) is 12.1 Å². The predicted molar refractivity (Wildman–Crippen MR) is 82.8 cm³/mol. The Morgan fingerprint density at radius 2 is 2.00 bits per heavy atom. The molecular weight excluding hydrogens is 292 g/mol. The third kappa shape index (κ3) is 3.54. The fraction of sp³-hybridized carbons (Fsp3) is 0.438. The summed E-state index contributed by atoms with van der Waals surface area (Å²) >= 11 is 0. The van der Waals surface area contributed by atoms with Gasteiger partial charge in [0.25, 0.3) is 0 Å².